The maximum atomic E-state index is 5.80. The van der Waals surface area contributed by atoms with E-state index in [1.165, 1.54) is 0 Å². The van der Waals surface area contributed by atoms with Crippen molar-refractivity contribution in [2.45, 2.75) is 19.8 Å². The third kappa shape index (κ3) is 3.45. The minimum atomic E-state index is 0.719. The summed E-state index contributed by atoms with van der Waals surface area (Å²) in [5.74, 6) is 1.67. The van der Waals surface area contributed by atoms with Crippen LogP contribution >= 0.6 is 0 Å². The molecule has 0 bridgehead atoms. The highest BCUT2D eigenvalue weighted by molar-refractivity contribution is 5.81. The number of H-pyrrole nitrogens is 1. The fourth-order valence-corrected chi connectivity index (χ4v) is 2.89. The highest BCUT2D eigenvalue weighted by atomic mass is 16.5. The average molecular weight is 343 g/mol. The minimum Gasteiger partial charge on any atom is -0.494 e. The Balaban J connectivity index is 1.64. The van der Waals surface area contributed by atoms with E-state index in [0.29, 0.717) is 0 Å². The van der Waals surface area contributed by atoms with Crippen LogP contribution in [-0.4, -0.2) is 21.6 Å². The van der Waals surface area contributed by atoms with Gasteiger partial charge in [0.2, 0.25) is 0 Å². The zero-order chi connectivity index (χ0) is 17.8. The molecule has 0 aliphatic heterocycles. The molecule has 0 fully saturated rings. The molecule has 26 heavy (non-hydrogen) atoms. The van der Waals surface area contributed by atoms with Crippen LogP contribution in [0.3, 0.4) is 0 Å². The zero-order valence-corrected chi connectivity index (χ0v) is 14.8. The monoisotopic (exact) mass is 343 g/mol. The smallest absolute Gasteiger partial charge is 0.178 e. The number of benzene rings is 2. The first kappa shape index (κ1) is 16.3. The Bertz CT molecular complexity index is 1010. The van der Waals surface area contributed by atoms with Gasteiger partial charge in [0, 0.05) is 17.3 Å². The number of nitrogens with zero attached hydrogens (tertiary/aromatic N) is 2. The summed E-state index contributed by atoms with van der Waals surface area (Å²) in [6, 6.07) is 20.3. The van der Waals surface area contributed by atoms with Crippen LogP contribution in [0.2, 0.25) is 0 Å². The number of imidazole rings is 1. The molecule has 4 heteroatoms. The van der Waals surface area contributed by atoms with Crippen molar-refractivity contribution in [1.82, 2.24) is 15.0 Å². The van der Waals surface area contributed by atoms with Gasteiger partial charge < -0.3 is 9.72 Å². The second kappa shape index (κ2) is 7.40. The van der Waals surface area contributed by atoms with Crippen molar-refractivity contribution < 1.29 is 4.74 Å². The van der Waals surface area contributed by atoms with Crippen LogP contribution in [0, 0.1) is 0 Å². The number of aromatic amines is 1. The van der Waals surface area contributed by atoms with Gasteiger partial charge in [-0.2, -0.15) is 0 Å². The molecule has 0 saturated heterocycles. The number of hydrogen-bond donors (Lipinski definition) is 1. The molecule has 1 N–H and O–H groups in total. The fourth-order valence-electron chi connectivity index (χ4n) is 2.89. The second-order valence-electron chi connectivity index (χ2n) is 6.28. The topological polar surface area (TPSA) is 50.8 Å². The fraction of sp³-hybridized carbons (Fsp3) is 0.182. The van der Waals surface area contributed by atoms with Crippen LogP contribution < -0.4 is 4.74 Å². The van der Waals surface area contributed by atoms with E-state index >= 15 is 0 Å². The molecule has 0 spiro atoms. The molecule has 0 atom stereocenters. The molecule has 4 rings (SSSR count). The summed E-state index contributed by atoms with van der Waals surface area (Å²) in [7, 11) is 0. The third-order valence-electron chi connectivity index (χ3n) is 4.32. The van der Waals surface area contributed by atoms with Crippen LogP contribution in [0.25, 0.3) is 33.7 Å². The van der Waals surface area contributed by atoms with Crippen molar-refractivity contribution in [3.8, 4) is 28.3 Å². The van der Waals surface area contributed by atoms with Crippen LogP contribution in [0.4, 0.5) is 0 Å². The van der Waals surface area contributed by atoms with Crippen molar-refractivity contribution in [3.63, 3.8) is 0 Å². The molecule has 2 aromatic heterocycles. The summed E-state index contributed by atoms with van der Waals surface area (Å²) in [6.45, 7) is 2.90. The van der Waals surface area contributed by atoms with Crippen molar-refractivity contribution >= 4 is 11.2 Å². The molecular formula is C22H21N3O. The second-order valence-corrected chi connectivity index (χ2v) is 6.28. The third-order valence-corrected chi connectivity index (χ3v) is 4.32. The molecule has 0 saturated carbocycles. The van der Waals surface area contributed by atoms with Gasteiger partial charge in [-0.15, -0.1) is 0 Å². The largest absolute Gasteiger partial charge is 0.494 e. The van der Waals surface area contributed by atoms with Crippen molar-refractivity contribution in [1.29, 1.82) is 0 Å². The van der Waals surface area contributed by atoms with Gasteiger partial charge in [0.15, 0.2) is 5.65 Å². The van der Waals surface area contributed by atoms with Gasteiger partial charge in [0.1, 0.15) is 11.6 Å². The summed E-state index contributed by atoms with van der Waals surface area (Å²) in [4.78, 5) is 12.5. The summed E-state index contributed by atoms with van der Waals surface area (Å²) in [6.07, 6.45) is 4.05. The van der Waals surface area contributed by atoms with Crippen molar-refractivity contribution in [2.75, 3.05) is 6.61 Å². The molecule has 0 amide bonds. The molecule has 0 aliphatic carbocycles. The lowest BCUT2D eigenvalue weighted by Crippen LogP contribution is -1.96. The number of aromatic nitrogens is 3. The number of ether oxygens (including phenoxy) is 1. The van der Waals surface area contributed by atoms with Gasteiger partial charge in [-0.05, 0) is 30.2 Å². The summed E-state index contributed by atoms with van der Waals surface area (Å²) in [5, 5.41) is 0. The van der Waals surface area contributed by atoms with Crippen LogP contribution in [0.15, 0.2) is 66.9 Å². The Kier molecular flexibility index (Phi) is 4.65. The average Bonchev–Trinajstić information content (AvgIpc) is 3.12. The highest BCUT2D eigenvalue weighted by Gasteiger charge is 2.09. The van der Waals surface area contributed by atoms with E-state index < -0.39 is 0 Å². The SMILES string of the molecule is CCCCOc1cccc(-c2nc3ncc(-c4ccccc4)cc3[nH]2)c1. The Hall–Kier alpha value is -3.14. The first-order valence-corrected chi connectivity index (χ1v) is 8.98. The lowest BCUT2D eigenvalue weighted by molar-refractivity contribution is 0.309. The lowest BCUT2D eigenvalue weighted by Gasteiger charge is -2.06. The van der Waals surface area contributed by atoms with Gasteiger partial charge in [0.25, 0.3) is 0 Å². The number of pyridine rings is 1. The van der Waals surface area contributed by atoms with E-state index in [9.17, 15) is 0 Å². The maximum absolute atomic E-state index is 5.80. The van der Waals surface area contributed by atoms with E-state index in [1.807, 2.05) is 48.7 Å². The van der Waals surface area contributed by atoms with Crippen LogP contribution in [-0.2, 0) is 0 Å². The van der Waals surface area contributed by atoms with Gasteiger partial charge in [-0.1, -0.05) is 55.8 Å². The van der Waals surface area contributed by atoms with Crippen LogP contribution in [0.1, 0.15) is 19.8 Å². The molecule has 130 valence electrons. The molecule has 0 unspecified atom stereocenters. The Morgan fingerprint density at radius 2 is 1.77 bits per heavy atom. The lowest BCUT2D eigenvalue weighted by atomic mass is 10.1. The number of rotatable bonds is 6. The summed E-state index contributed by atoms with van der Waals surface area (Å²) >= 11 is 0. The quantitative estimate of drug-likeness (QED) is 0.472. The molecular weight excluding hydrogens is 322 g/mol. The molecule has 2 heterocycles. The summed E-state index contributed by atoms with van der Waals surface area (Å²) < 4.78 is 5.80. The van der Waals surface area contributed by atoms with Gasteiger partial charge in [-0.3, -0.25) is 0 Å². The maximum Gasteiger partial charge on any atom is 0.178 e. The number of fused-ring (bicyclic) bond motifs is 1. The minimum absolute atomic E-state index is 0.719. The van der Waals surface area contributed by atoms with E-state index in [1.54, 1.807) is 0 Å². The molecule has 4 nitrogen and oxygen atoms in total. The van der Waals surface area contributed by atoms with Crippen molar-refractivity contribution in [2.24, 2.45) is 0 Å². The Labute approximate surface area is 152 Å². The number of hydrogen-bond acceptors (Lipinski definition) is 3. The first-order chi connectivity index (χ1) is 12.8. The Morgan fingerprint density at radius 1 is 0.923 bits per heavy atom. The van der Waals surface area contributed by atoms with E-state index in [0.717, 1.165) is 58.9 Å². The highest BCUT2D eigenvalue weighted by Crippen LogP contribution is 2.26. The Morgan fingerprint density at radius 3 is 2.62 bits per heavy atom. The van der Waals surface area contributed by atoms with E-state index in [2.05, 4.69) is 40.1 Å². The van der Waals surface area contributed by atoms with Gasteiger partial charge >= 0.3 is 0 Å². The first-order valence-electron chi connectivity index (χ1n) is 8.98. The van der Waals surface area contributed by atoms with Gasteiger partial charge in [-0.25, -0.2) is 9.97 Å². The predicted octanol–water partition coefficient (Wildman–Crippen LogP) is 5.47. The van der Waals surface area contributed by atoms with E-state index in [-0.39, 0.29) is 0 Å². The molecule has 4 aromatic rings. The van der Waals surface area contributed by atoms with Gasteiger partial charge in [0.05, 0.1) is 12.1 Å². The van der Waals surface area contributed by atoms with Crippen molar-refractivity contribution in [3.05, 3.63) is 66.9 Å². The standard InChI is InChI=1S/C22H21N3O/c1-2-3-12-26-19-11-7-10-17(13-19)21-24-20-14-18(15-23-22(20)25-21)16-8-5-4-6-9-16/h4-11,13-15H,2-3,12H2,1H3,(H,23,24,25). The normalized spacial score (nSPS) is 11.0. The number of nitrogens with one attached hydrogen (secondary N) is 1. The zero-order valence-electron chi connectivity index (χ0n) is 14.8. The molecule has 0 radical (unpaired) electrons. The molecule has 0 aliphatic rings. The predicted molar refractivity (Wildman–Crippen MR) is 105 cm³/mol. The summed E-state index contributed by atoms with van der Waals surface area (Å²) in [5.41, 5.74) is 4.86. The van der Waals surface area contributed by atoms with Crippen LogP contribution in [0.5, 0.6) is 5.75 Å². The number of unbranched alkanes of at least 4 members (excludes halogenated alkanes) is 1. The van der Waals surface area contributed by atoms with E-state index in [4.69, 9.17) is 4.74 Å². The molecule has 2 aromatic carbocycles.